The van der Waals surface area contributed by atoms with Gasteiger partial charge in [0.15, 0.2) is 0 Å². The number of nitrogens with zero attached hydrogens (tertiary/aromatic N) is 3. The van der Waals surface area contributed by atoms with Crippen molar-refractivity contribution in [1.82, 2.24) is 15.1 Å². The van der Waals surface area contributed by atoms with Crippen molar-refractivity contribution in [2.24, 2.45) is 4.99 Å². The lowest BCUT2D eigenvalue weighted by molar-refractivity contribution is 0.742. The number of para-hydroxylation sites is 1. The maximum Gasteiger partial charge on any atom is 0.118 e. The zero-order valence-corrected chi connectivity index (χ0v) is 12.7. The molecule has 0 bridgehead atoms. The third kappa shape index (κ3) is 2.25. The fourth-order valence-electron chi connectivity index (χ4n) is 2.81. The minimum atomic E-state index is 0.618. The van der Waals surface area contributed by atoms with E-state index in [1.54, 1.807) is 0 Å². The molecule has 2 aromatic carbocycles. The van der Waals surface area contributed by atoms with Crippen LogP contribution in [0.15, 0.2) is 53.5 Å². The van der Waals surface area contributed by atoms with E-state index in [9.17, 15) is 0 Å². The molecule has 2 heterocycles. The summed E-state index contributed by atoms with van der Waals surface area (Å²) in [5, 5.41) is 9.86. The van der Waals surface area contributed by atoms with Crippen molar-refractivity contribution in [1.29, 1.82) is 0 Å². The largest absolute Gasteiger partial charge is 0.370 e. The highest BCUT2D eigenvalue weighted by Gasteiger charge is 2.16. The second-order valence-electron chi connectivity index (χ2n) is 5.26. The topological polar surface area (TPSA) is 42.2 Å². The number of rotatable bonds is 3. The average molecular weight is 311 g/mol. The van der Waals surface area contributed by atoms with Crippen LogP contribution in [-0.2, 0) is 6.54 Å². The second kappa shape index (κ2) is 5.46. The SMILES string of the molecule is Clc1cccc2c(-c3ccccc3)nn(CC3=NCCN3)c12. The van der Waals surface area contributed by atoms with Gasteiger partial charge in [0.1, 0.15) is 11.5 Å². The van der Waals surface area contributed by atoms with Gasteiger partial charge in [-0.2, -0.15) is 5.10 Å². The van der Waals surface area contributed by atoms with Crippen LogP contribution in [0.2, 0.25) is 5.02 Å². The van der Waals surface area contributed by atoms with E-state index in [0.29, 0.717) is 11.6 Å². The van der Waals surface area contributed by atoms with Gasteiger partial charge in [-0.1, -0.05) is 54.1 Å². The summed E-state index contributed by atoms with van der Waals surface area (Å²) < 4.78 is 1.94. The quantitative estimate of drug-likeness (QED) is 0.806. The molecular formula is C17H15ClN4. The zero-order valence-electron chi connectivity index (χ0n) is 12.0. The van der Waals surface area contributed by atoms with E-state index in [2.05, 4.69) is 28.5 Å². The van der Waals surface area contributed by atoms with E-state index in [1.165, 1.54) is 0 Å². The van der Waals surface area contributed by atoms with Gasteiger partial charge in [-0.05, 0) is 6.07 Å². The Morgan fingerprint density at radius 2 is 1.95 bits per heavy atom. The van der Waals surface area contributed by atoms with Crippen molar-refractivity contribution in [3.63, 3.8) is 0 Å². The summed E-state index contributed by atoms with van der Waals surface area (Å²) in [6.45, 7) is 2.34. The first-order valence-corrected chi connectivity index (χ1v) is 7.68. The molecule has 0 unspecified atom stereocenters. The van der Waals surface area contributed by atoms with Crippen molar-refractivity contribution < 1.29 is 0 Å². The molecule has 1 aliphatic heterocycles. The molecule has 0 amide bonds. The van der Waals surface area contributed by atoms with Gasteiger partial charge >= 0.3 is 0 Å². The third-order valence-electron chi connectivity index (χ3n) is 3.81. The predicted octanol–water partition coefficient (Wildman–Crippen LogP) is 3.36. The maximum absolute atomic E-state index is 6.43. The van der Waals surface area contributed by atoms with E-state index in [1.807, 2.05) is 35.0 Å². The highest BCUT2D eigenvalue weighted by Crippen LogP contribution is 2.32. The highest BCUT2D eigenvalue weighted by molar-refractivity contribution is 6.35. The molecule has 22 heavy (non-hydrogen) atoms. The van der Waals surface area contributed by atoms with Crippen LogP contribution in [0.3, 0.4) is 0 Å². The van der Waals surface area contributed by atoms with Crippen molar-refractivity contribution in [2.45, 2.75) is 6.54 Å². The molecule has 0 aliphatic carbocycles. The molecular weight excluding hydrogens is 296 g/mol. The van der Waals surface area contributed by atoms with Crippen LogP contribution in [0.5, 0.6) is 0 Å². The lowest BCUT2D eigenvalue weighted by atomic mass is 10.1. The Morgan fingerprint density at radius 3 is 2.73 bits per heavy atom. The van der Waals surface area contributed by atoms with Crippen LogP contribution in [0.1, 0.15) is 0 Å². The maximum atomic E-state index is 6.43. The molecule has 1 aliphatic rings. The fraction of sp³-hybridized carbons (Fsp3) is 0.176. The lowest BCUT2D eigenvalue weighted by Gasteiger charge is -2.05. The molecule has 0 fully saturated rings. The summed E-state index contributed by atoms with van der Waals surface area (Å²) >= 11 is 6.43. The van der Waals surface area contributed by atoms with Crippen LogP contribution in [0.25, 0.3) is 22.2 Å². The summed E-state index contributed by atoms with van der Waals surface area (Å²) in [5.41, 5.74) is 3.01. The van der Waals surface area contributed by atoms with Gasteiger partial charge in [0.25, 0.3) is 0 Å². The van der Waals surface area contributed by atoms with E-state index >= 15 is 0 Å². The lowest BCUT2D eigenvalue weighted by Crippen LogP contribution is -2.24. The summed E-state index contributed by atoms with van der Waals surface area (Å²) in [6.07, 6.45) is 0. The molecule has 110 valence electrons. The monoisotopic (exact) mass is 310 g/mol. The Balaban J connectivity index is 1.89. The molecule has 4 rings (SSSR count). The molecule has 0 atom stereocenters. The number of benzene rings is 2. The Kier molecular flexibility index (Phi) is 3.31. The standard InChI is InChI=1S/C17H15ClN4/c18-14-8-4-7-13-16(12-5-2-1-3-6-12)21-22(17(13)14)11-15-19-9-10-20-15/h1-8H,9-11H2,(H,19,20). The van der Waals surface area contributed by atoms with E-state index in [0.717, 1.165) is 41.1 Å². The Bertz CT molecular complexity index is 852. The Hall–Kier alpha value is -2.33. The van der Waals surface area contributed by atoms with Crippen LogP contribution < -0.4 is 5.32 Å². The highest BCUT2D eigenvalue weighted by atomic mass is 35.5. The van der Waals surface area contributed by atoms with Gasteiger partial charge in [0, 0.05) is 17.5 Å². The number of fused-ring (bicyclic) bond motifs is 1. The first-order chi connectivity index (χ1) is 10.8. The predicted molar refractivity (Wildman–Crippen MR) is 90.5 cm³/mol. The molecule has 0 spiro atoms. The van der Waals surface area contributed by atoms with Crippen LogP contribution in [0, 0.1) is 0 Å². The van der Waals surface area contributed by atoms with Crippen LogP contribution >= 0.6 is 11.6 Å². The van der Waals surface area contributed by atoms with E-state index in [4.69, 9.17) is 16.7 Å². The molecule has 1 aromatic heterocycles. The second-order valence-corrected chi connectivity index (χ2v) is 5.67. The first kappa shape index (κ1) is 13.3. The first-order valence-electron chi connectivity index (χ1n) is 7.30. The van der Waals surface area contributed by atoms with E-state index in [-0.39, 0.29) is 0 Å². The number of hydrogen-bond acceptors (Lipinski definition) is 3. The number of aliphatic imine (C=N–C) groups is 1. The Labute approximate surface area is 133 Å². The van der Waals surface area contributed by atoms with Gasteiger partial charge < -0.3 is 5.32 Å². The van der Waals surface area contributed by atoms with Gasteiger partial charge in [0.05, 0.1) is 23.6 Å². The molecule has 5 heteroatoms. The smallest absolute Gasteiger partial charge is 0.118 e. The van der Waals surface area contributed by atoms with Gasteiger partial charge in [0.2, 0.25) is 0 Å². The summed E-state index contributed by atoms with van der Waals surface area (Å²) in [4.78, 5) is 4.45. The van der Waals surface area contributed by atoms with E-state index < -0.39 is 0 Å². The minimum Gasteiger partial charge on any atom is -0.370 e. The minimum absolute atomic E-state index is 0.618. The van der Waals surface area contributed by atoms with Crippen molar-refractivity contribution in [2.75, 3.05) is 13.1 Å². The molecule has 0 saturated carbocycles. The van der Waals surface area contributed by atoms with Crippen LogP contribution in [0.4, 0.5) is 0 Å². The fourth-order valence-corrected chi connectivity index (χ4v) is 3.08. The number of aromatic nitrogens is 2. The summed E-state index contributed by atoms with van der Waals surface area (Å²) in [6, 6.07) is 16.1. The number of hydrogen-bond donors (Lipinski definition) is 1. The zero-order chi connectivity index (χ0) is 14.9. The summed E-state index contributed by atoms with van der Waals surface area (Å²) in [7, 11) is 0. The summed E-state index contributed by atoms with van der Waals surface area (Å²) in [5.74, 6) is 0.962. The molecule has 4 nitrogen and oxygen atoms in total. The van der Waals surface area contributed by atoms with Gasteiger partial charge in [-0.25, -0.2) is 0 Å². The molecule has 0 radical (unpaired) electrons. The number of nitrogens with one attached hydrogen (secondary N) is 1. The van der Waals surface area contributed by atoms with Gasteiger partial charge in [-0.3, -0.25) is 9.67 Å². The Morgan fingerprint density at radius 1 is 1.09 bits per heavy atom. The van der Waals surface area contributed by atoms with Crippen molar-refractivity contribution >= 4 is 28.3 Å². The molecule has 3 aromatic rings. The van der Waals surface area contributed by atoms with Crippen molar-refractivity contribution in [3.8, 4) is 11.3 Å². The molecule has 1 N–H and O–H groups in total. The third-order valence-corrected chi connectivity index (χ3v) is 4.12. The van der Waals surface area contributed by atoms with Crippen molar-refractivity contribution in [3.05, 3.63) is 53.6 Å². The average Bonchev–Trinajstić information content (AvgIpc) is 3.17. The number of halogens is 1. The van der Waals surface area contributed by atoms with Crippen LogP contribution in [-0.4, -0.2) is 28.7 Å². The van der Waals surface area contributed by atoms with Gasteiger partial charge in [-0.15, -0.1) is 0 Å². The molecule has 0 saturated heterocycles. The number of amidine groups is 1. The normalized spacial score (nSPS) is 14.1.